The van der Waals surface area contributed by atoms with Crippen LogP contribution < -0.4 is 5.32 Å². The van der Waals surface area contributed by atoms with Crippen molar-refractivity contribution in [2.75, 3.05) is 0 Å². The van der Waals surface area contributed by atoms with Crippen LogP contribution in [0.1, 0.15) is 26.3 Å². The monoisotopic (exact) mass is 302 g/mol. The molecule has 0 fully saturated rings. The van der Waals surface area contributed by atoms with E-state index in [-0.39, 0.29) is 12.4 Å². The van der Waals surface area contributed by atoms with E-state index >= 15 is 0 Å². The lowest BCUT2D eigenvalue weighted by Crippen LogP contribution is -2.32. The maximum Gasteiger partial charge on any atom is 0.407 e. The van der Waals surface area contributed by atoms with E-state index < -0.39 is 11.7 Å². The summed E-state index contributed by atoms with van der Waals surface area (Å²) in [6, 6.07) is 8.22. The Labute approximate surface area is 129 Å². The number of nitrogens with one attached hydrogen (secondary N) is 1. The first-order valence-electron chi connectivity index (χ1n) is 7.01. The van der Waals surface area contributed by atoms with Crippen LogP contribution in [0.25, 0.3) is 11.1 Å². The van der Waals surface area contributed by atoms with Crippen LogP contribution in [0.3, 0.4) is 0 Å². The summed E-state index contributed by atoms with van der Waals surface area (Å²) < 4.78 is 19.1. The van der Waals surface area contributed by atoms with Gasteiger partial charge in [0.2, 0.25) is 0 Å². The maximum absolute atomic E-state index is 13.9. The molecule has 0 aliphatic carbocycles. The molecule has 2 rings (SSSR count). The fraction of sp³-hybridized carbons (Fsp3) is 0.294. The van der Waals surface area contributed by atoms with E-state index in [0.717, 1.165) is 11.1 Å². The number of hydrogen-bond acceptors (Lipinski definition) is 3. The summed E-state index contributed by atoms with van der Waals surface area (Å²) in [4.78, 5) is 15.6. The number of ether oxygens (including phenoxy) is 1. The Morgan fingerprint density at radius 3 is 2.55 bits per heavy atom. The summed E-state index contributed by atoms with van der Waals surface area (Å²) in [6.45, 7) is 5.66. The molecule has 1 N–H and O–H groups in total. The first-order valence-corrected chi connectivity index (χ1v) is 7.01. The third-order valence-corrected chi connectivity index (χ3v) is 2.86. The number of rotatable bonds is 3. The van der Waals surface area contributed by atoms with Gasteiger partial charge in [0.25, 0.3) is 0 Å². The Hall–Kier alpha value is -2.43. The predicted molar refractivity (Wildman–Crippen MR) is 82.7 cm³/mol. The van der Waals surface area contributed by atoms with Crippen LogP contribution in [-0.4, -0.2) is 16.7 Å². The van der Waals surface area contributed by atoms with Crippen molar-refractivity contribution >= 4 is 6.09 Å². The number of aromatic nitrogens is 1. The molecule has 0 radical (unpaired) electrons. The predicted octanol–water partition coefficient (Wildman–Crippen LogP) is 3.91. The van der Waals surface area contributed by atoms with E-state index in [1.165, 1.54) is 6.07 Å². The van der Waals surface area contributed by atoms with Crippen molar-refractivity contribution in [3.05, 3.63) is 54.1 Å². The highest BCUT2D eigenvalue weighted by atomic mass is 19.1. The number of benzene rings is 1. The normalized spacial score (nSPS) is 11.1. The molecule has 0 bridgehead atoms. The van der Waals surface area contributed by atoms with Crippen LogP contribution in [0.4, 0.5) is 9.18 Å². The SMILES string of the molecule is CC(C)(C)OC(=O)NCc1ccc(F)c(-c2ccncc2)c1. The summed E-state index contributed by atoms with van der Waals surface area (Å²) in [5.74, 6) is -0.313. The number of nitrogens with zero attached hydrogens (tertiary/aromatic N) is 1. The molecule has 1 amide bonds. The van der Waals surface area contributed by atoms with Crippen LogP contribution in [0.2, 0.25) is 0 Å². The average Bonchev–Trinajstić information content (AvgIpc) is 2.45. The van der Waals surface area contributed by atoms with Crippen molar-refractivity contribution in [3.63, 3.8) is 0 Å². The van der Waals surface area contributed by atoms with Crippen LogP contribution in [-0.2, 0) is 11.3 Å². The molecule has 2 aromatic rings. The minimum atomic E-state index is -0.547. The zero-order valence-corrected chi connectivity index (χ0v) is 12.9. The number of hydrogen-bond donors (Lipinski definition) is 1. The molecular formula is C17H19FN2O2. The number of pyridine rings is 1. The van der Waals surface area contributed by atoms with Crippen molar-refractivity contribution in [2.45, 2.75) is 32.9 Å². The van der Waals surface area contributed by atoms with E-state index in [9.17, 15) is 9.18 Å². The van der Waals surface area contributed by atoms with E-state index in [1.807, 2.05) is 0 Å². The molecule has 116 valence electrons. The fourth-order valence-corrected chi connectivity index (χ4v) is 1.92. The van der Waals surface area contributed by atoms with Crippen molar-refractivity contribution in [1.82, 2.24) is 10.3 Å². The number of carbonyl (C=O) groups excluding carboxylic acids is 1. The molecule has 22 heavy (non-hydrogen) atoms. The van der Waals surface area contributed by atoms with Gasteiger partial charge in [0.1, 0.15) is 11.4 Å². The highest BCUT2D eigenvalue weighted by Gasteiger charge is 2.16. The van der Waals surface area contributed by atoms with Gasteiger partial charge < -0.3 is 10.1 Å². The zero-order chi connectivity index (χ0) is 16.2. The van der Waals surface area contributed by atoms with Crippen molar-refractivity contribution in [2.24, 2.45) is 0 Å². The van der Waals surface area contributed by atoms with Gasteiger partial charge in [0, 0.05) is 24.5 Å². The van der Waals surface area contributed by atoms with E-state index in [2.05, 4.69) is 10.3 Å². The first kappa shape index (κ1) is 15.9. The number of halogens is 1. The molecule has 0 saturated heterocycles. The van der Waals surface area contributed by atoms with Crippen molar-refractivity contribution < 1.29 is 13.9 Å². The van der Waals surface area contributed by atoms with Crippen LogP contribution in [0, 0.1) is 5.82 Å². The van der Waals surface area contributed by atoms with Crippen molar-refractivity contribution in [1.29, 1.82) is 0 Å². The molecule has 0 unspecified atom stereocenters. The standard InChI is InChI=1S/C17H19FN2O2/c1-17(2,3)22-16(21)20-11-12-4-5-15(18)14(10-12)13-6-8-19-9-7-13/h4-10H,11H2,1-3H3,(H,20,21). The Bertz CT molecular complexity index is 651. The lowest BCUT2D eigenvalue weighted by molar-refractivity contribution is 0.0523. The number of carbonyl (C=O) groups is 1. The van der Waals surface area contributed by atoms with Gasteiger partial charge in [-0.25, -0.2) is 9.18 Å². The van der Waals surface area contributed by atoms with Gasteiger partial charge >= 0.3 is 6.09 Å². The third-order valence-electron chi connectivity index (χ3n) is 2.86. The van der Waals surface area contributed by atoms with Crippen LogP contribution in [0.15, 0.2) is 42.7 Å². The smallest absolute Gasteiger partial charge is 0.407 e. The minimum Gasteiger partial charge on any atom is -0.444 e. The molecule has 0 aliphatic rings. The van der Waals surface area contributed by atoms with Gasteiger partial charge in [-0.3, -0.25) is 4.98 Å². The van der Waals surface area contributed by atoms with E-state index in [0.29, 0.717) is 5.56 Å². The Balaban J connectivity index is 2.09. The molecule has 0 spiro atoms. The highest BCUT2D eigenvalue weighted by Crippen LogP contribution is 2.23. The number of amides is 1. The minimum absolute atomic E-state index is 0.271. The summed E-state index contributed by atoms with van der Waals surface area (Å²) in [7, 11) is 0. The molecule has 1 aromatic heterocycles. The van der Waals surface area contributed by atoms with Gasteiger partial charge in [-0.1, -0.05) is 6.07 Å². The topological polar surface area (TPSA) is 51.2 Å². The zero-order valence-electron chi connectivity index (χ0n) is 12.9. The summed E-state index contributed by atoms with van der Waals surface area (Å²) in [5, 5.41) is 2.66. The molecule has 4 nitrogen and oxygen atoms in total. The molecular weight excluding hydrogens is 283 g/mol. The Kier molecular flexibility index (Phi) is 4.75. The second-order valence-corrected chi connectivity index (χ2v) is 5.91. The third kappa shape index (κ3) is 4.55. The molecule has 0 saturated carbocycles. The summed E-state index contributed by atoms with van der Waals surface area (Å²) in [5.41, 5.74) is 1.46. The van der Waals surface area contributed by atoms with Gasteiger partial charge in [-0.05, 0) is 56.2 Å². The largest absolute Gasteiger partial charge is 0.444 e. The lowest BCUT2D eigenvalue weighted by atomic mass is 10.0. The van der Waals surface area contributed by atoms with Gasteiger partial charge in [-0.2, -0.15) is 0 Å². The van der Waals surface area contributed by atoms with Crippen LogP contribution in [0.5, 0.6) is 0 Å². The second-order valence-electron chi connectivity index (χ2n) is 5.91. The quantitative estimate of drug-likeness (QED) is 0.935. The molecule has 5 heteroatoms. The Morgan fingerprint density at radius 1 is 1.23 bits per heavy atom. The second kappa shape index (κ2) is 6.56. The lowest BCUT2D eigenvalue weighted by Gasteiger charge is -2.19. The molecule has 1 heterocycles. The first-order chi connectivity index (χ1) is 10.3. The van der Waals surface area contributed by atoms with Gasteiger partial charge in [-0.15, -0.1) is 0 Å². The number of alkyl carbamates (subject to hydrolysis) is 1. The Morgan fingerprint density at radius 2 is 1.91 bits per heavy atom. The summed E-state index contributed by atoms with van der Waals surface area (Å²) >= 11 is 0. The van der Waals surface area contributed by atoms with Crippen LogP contribution >= 0.6 is 0 Å². The van der Waals surface area contributed by atoms with Gasteiger partial charge in [0.05, 0.1) is 0 Å². The molecule has 0 aliphatic heterocycles. The maximum atomic E-state index is 13.9. The van der Waals surface area contributed by atoms with E-state index in [4.69, 9.17) is 4.74 Å². The van der Waals surface area contributed by atoms with Crippen molar-refractivity contribution in [3.8, 4) is 11.1 Å². The van der Waals surface area contributed by atoms with E-state index in [1.54, 1.807) is 57.4 Å². The average molecular weight is 302 g/mol. The van der Waals surface area contributed by atoms with Gasteiger partial charge in [0.15, 0.2) is 0 Å². The molecule has 0 atom stereocenters. The summed E-state index contributed by atoms with van der Waals surface area (Å²) in [6.07, 6.45) is 2.73. The molecule has 1 aromatic carbocycles. The highest BCUT2D eigenvalue weighted by molar-refractivity contribution is 5.68. The fourth-order valence-electron chi connectivity index (χ4n) is 1.92.